The van der Waals surface area contributed by atoms with E-state index in [-0.39, 0.29) is 11.9 Å². The maximum absolute atomic E-state index is 13.1. The molecule has 2 unspecified atom stereocenters. The molecular weight excluding hydrogens is 193 g/mol. The van der Waals surface area contributed by atoms with E-state index >= 15 is 0 Å². The highest BCUT2D eigenvalue weighted by Crippen LogP contribution is 2.21. The SMILES string of the molecule is Cc1cc(C2CNC(C)CO2)ccc1F. The minimum absolute atomic E-state index is 0.0560. The molecule has 1 aromatic carbocycles. The Morgan fingerprint density at radius 1 is 1.47 bits per heavy atom. The number of hydrogen-bond donors (Lipinski definition) is 1. The van der Waals surface area contributed by atoms with Crippen LogP contribution in [0.3, 0.4) is 0 Å². The quantitative estimate of drug-likeness (QED) is 0.765. The van der Waals surface area contributed by atoms with Crippen LogP contribution in [0.2, 0.25) is 0 Å². The number of halogens is 1. The molecule has 2 rings (SSSR count). The van der Waals surface area contributed by atoms with E-state index in [1.165, 1.54) is 6.07 Å². The predicted molar refractivity (Wildman–Crippen MR) is 57.3 cm³/mol. The van der Waals surface area contributed by atoms with Gasteiger partial charge in [-0.2, -0.15) is 0 Å². The number of morpholine rings is 1. The highest BCUT2D eigenvalue weighted by molar-refractivity contribution is 5.26. The first-order valence-electron chi connectivity index (χ1n) is 5.28. The Labute approximate surface area is 89.4 Å². The first kappa shape index (κ1) is 10.6. The third-order valence-electron chi connectivity index (χ3n) is 2.75. The fourth-order valence-electron chi connectivity index (χ4n) is 1.77. The van der Waals surface area contributed by atoms with E-state index in [2.05, 4.69) is 12.2 Å². The van der Waals surface area contributed by atoms with Crippen LogP contribution in [-0.2, 0) is 4.74 Å². The van der Waals surface area contributed by atoms with Gasteiger partial charge < -0.3 is 10.1 Å². The molecule has 1 aliphatic rings. The molecule has 1 fully saturated rings. The summed E-state index contributed by atoms with van der Waals surface area (Å²) in [6.07, 6.45) is 0.0560. The topological polar surface area (TPSA) is 21.3 Å². The molecule has 1 heterocycles. The molecule has 15 heavy (non-hydrogen) atoms. The zero-order valence-corrected chi connectivity index (χ0v) is 9.09. The molecule has 1 aromatic rings. The summed E-state index contributed by atoms with van der Waals surface area (Å²) in [5.74, 6) is -0.157. The molecule has 0 spiro atoms. The summed E-state index contributed by atoms with van der Waals surface area (Å²) in [6.45, 7) is 5.37. The van der Waals surface area contributed by atoms with E-state index in [1.807, 2.05) is 6.07 Å². The van der Waals surface area contributed by atoms with Crippen molar-refractivity contribution in [2.45, 2.75) is 26.0 Å². The van der Waals surface area contributed by atoms with Crippen molar-refractivity contribution in [3.63, 3.8) is 0 Å². The fraction of sp³-hybridized carbons (Fsp3) is 0.500. The molecule has 0 aliphatic carbocycles. The van der Waals surface area contributed by atoms with Crippen LogP contribution in [0.5, 0.6) is 0 Å². The molecule has 2 nitrogen and oxygen atoms in total. The van der Waals surface area contributed by atoms with Gasteiger partial charge in [0.2, 0.25) is 0 Å². The zero-order valence-electron chi connectivity index (χ0n) is 9.09. The second kappa shape index (κ2) is 4.29. The smallest absolute Gasteiger partial charge is 0.126 e. The lowest BCUT2D eigenvalue weighted by atomic mass is 10.0. The number of benzene rings is 1. The van der Waals surface area contributed by atoms with Crippen LogP contribution in [0.25, 0.3) is 0 Å². The second-order valence-corrected chi connectivity index (χ2v) is 4.14. The van der Waals surface area contributed by atoms with Crippen LogP contribution >= 0.6 is 0 Å². The van der Waals surface area contributed by atoms with Crippen LogP contribution in [0.4, 0.5) is 4.39 Å². The summed E-state index contributed by atoms with van der Waals surface area (Å²) in [4.78, 5) is 0. The van der Waals surface area contributed by atoms with Crippen molar-refractivity contribution in [2.75, 3.05) is 13.2 Å². The van der Waals surface area contributed by atoms with Gasteiger partial charge in [0.25, 0.3) is 0 Å². The van der Waals surface area contributed by atoms with E-state index in [9.17, 15) is 4.39 Å². The van der Waals surface area contributed by atoms with Gasteiger partial charge >= 0.3 is 0 Å². The van der Waals surface area contributed by atoms with Crippen LogP contribution in [0.15, 0.2) is 18.2 Å². The zero-order chi connectivity index (χ0) is 10.8. The monoisotopic (exact) mass is 209 g/mol. The second-order valence-electron chi connectivity index (χ2n) is 4.14. The lowest BCUT2D eigenvalue weighted by Crippen LogP contribution is -2.40. The van der Waals surface area contributed by atoms with E-state index in [1.54, 1.807) is 13.0 Å². The van der Waals surface area contributed by atoms with Gasteiger partial charge in [0.05, 0.1) is 12.7 Å². The molecular formula is C12H16FNO. The molecule has 0 aromatic heterocycles. The van der Waals surface area contributed by atoms with Gasteiger partial charge in [-0.25, -0.2) is 4.39 Å². The van der Waals surface area contributed by atoms with E-state index in [0.29, 0.717) is 18.2 Å². The maximum Gasteiger partial charge on any atom is 0.126 e. The third kappa shape index (κ3) is 2.36. The summed E-state index contributed by atoms with van der Waals surface area (Å²) in [5.41, 5.74) is 1.73. The van der Waals surface area contributed by atoms with Crippen molar-refractivity contribution < 1.29 is 9.13 Å². The summed E-state index contributed by atoms with van der Waals surface area (Å²) in [6, 6.07) is 5.57. The standard InChI is InChI=1S/C12H16FNO/c1-8-5-10(3-4-11(8)13)12-6-14-9(2)7-15-12/h3-5,9,12,14H,6-7H2,1-2H3. The lowest BCUT2D eigenvalue weighted by molar-refractivity contribution is 0.00689. The Balaban J connectivity index is 2.12. The van der Waals surface area contributed by atoms with Gasteiger partial charge in [-0.3, -0.25) is 0 Å². The van der Waals surface area contributed by atoms with E-state index in [0.717, 1.165) is 12.1 Å². The van der Waals surface area contributed by atoms with Gasteiger partial charge in [0.15, 0.2) is 0 Å². The number of nitrogens with one attached hydrogen (secondary N) is 1. The maximum atomic E-state index is 13.1. The summed E-state index contributed by atoms with van der Waals surface area (Å²) < 4.78 is 18.8. The number of rotatable bonds is 1. The highest BCUT2D eigenvalue weighted by atomic mass is 19.1. The highest BCUT2D eigenvalue weighted by Gasteiger charge is 2.19. The van der Waals surface area contributed by atoms with Gasteiger partial charge in [-0.05, 0) is 31.0 Å². The minimum Gasteiger partial charge on any atom is -0.371 e. The number of hydrogen-bond acceptors (Lipinski definition) is 2. The van der Waals surface area contributed by atoms with Crippen molar-refractivity contribution in [1.82, 2.24) is 5.32 Å². The van der Waals surface area contributed by atoms with Crippen molar-refractivity contribution in [2.24, 2.45) is 0 Å². The van der Waals surface area contributed by atoms with Crippen LogP contribution in [-0.4, -0.2) is 19.2 Å². The normalized spacial score (nSPS) is 26.6. The van der Waals surface area contributed by atoms with E-state index in [4.69, 9.17) is 4.74 Å². The number of aryl methyl sites for hydroxylation is 1. The summed E-state index contributed by atoms with van der Waals surface area (Å²) >= 11 is 0. The summed E-state index contributed by atoms with van der Waals surface area (Å²) in [7, 11) is 0. The first-order valence-corrected chi connectivity index (χ1v) is 5.28. The van der Waals surface area contributed by atoms with E-state index < -0.39 is 0 Å². The molecule has 0 bridgehead atoms. The number of ether oxygens (including phenoxy) is 1. The predicted octanol–water partition coefficient (Wildman–Crippen LogP) is 2.18. The minimum atomic E-state index is -0.157. The van der Waals surface area contributed by atoms with Gasteiger partial charge in [0.1, 0.15) is 5.82 Å². The fourth-order valence-corrected chi connectivity index (χ4v) is 1.77. The molecule has 0 radical (unpaired) electrons. The molecule has 3 heteroatoms. The van der Waals surface area contributed by atoms with Gasteiger partial charge in [-0.1, -0.05) is 12.1 Å². The summed E-state index contributed by atoms with van der Waals surface area (Å²) in [5, 5.41) is 3.35. The van der Waals surface area contributed by atoms with Crippen molar-refractivity contribution in [3.05, 3.63) is 35.1 Å². The third-order valence-corrected chi connectivity index (χ3v) is 2.75. The Kier molecular flexibility index (Phi) is 3.03. The van der Waals surface area contributed by atoms with Crippen LogP contribution < -0.4 is 5.32 Å². The molecule has 0 amide bonds. The molecule has 0 saturated carbocycles. The average Bonchev–Trinajstić information content (AvgIpc) is 2.23. The molecule has 1 aliphatic heterocycles. The van der Waals surface area contributed by atoms with Crippen LogP contribution in [0, 0.1) is 12.7 Å². The Bertz CT molecular complexity index is 345. The van der Waals surface area contributed by atoms with Crippen molar-refractivity contribution >= 4 is 0 Å². The van der Waals surface area contributed by atoms with Crippen molar-refractivity contribution in [1.29, 1.82) is 0 Å². The molecule has 1 saturated heterocycles. The molecule has 82 valence electrons. The Morgan fingerprint density at radius 2 is 2.27 bits per heavy atom. The molecule has 2 atom stereocenters. The largest absolute Gasteiger partial charge is 0.371 e. The Hall–Kier alpha value is -0.930. The van der Waals surface area contributed by atoms with Gasteiger partial charge in [0, 0.05) is 12.6 Å². The Morgan fingerprint density at radius 3 is 2.87 bits per heavy atom. The lowest BCUT2D eigenvalue weighted by Gasteiger charge is -2.28. The van der Waals surface area contributed by atoms with Crippen LogP contribution in [0.1, 0.15) is 24.2 Å². The average molecular weight is 209 g/mol. The van der Waals surface area contributed by atoms with Gasteiger partial charge in [-0.15, -0.1) is 0 Å². The van der Waals surface area contributed by atoms with Crippen molar-refractivity contribution in [3.8, 4) is 0 Å². The first-order chi connectivity index (χ1) is 7.16. The molecule has 1 N–H and O–H groups in total.